The van der Waals surface area contributed by atoms with Crippen molar-refractivity contribution >= 4 is 17.9 Å². The Labute approximate surface area is 99.6 Å². The second-order valence-corrected chi connectivity index (χ2v) is 4.16. The monoisotopic (exact) mass is 233 g/mol. The minimum absolute atomic E-state index is 0.105. The summed E-state index contributed by atoms with van der Waals surface area (Å²) in [6.45, 7) is 0.825. The van der Waals surface area contributed by atoms with E-state index in [0.717, 1.165) is 37.8 Å². The number of anilines is 1. The summed E-state index contributed by atoms with van der Waals surface area (Å²) in [6, 6.07) is 3.34. The number of piperidine rings is 1. The number of rotatable bonds is 3. The van der Waals surface area contributed by atoms with Crippen LogP contribution in [0.2, 0.25) is 0 Å². The molecule has 1 saturated heterocycles. The van der Waals surface area contributed by atoms with Gasteiger partial charge in [-0.05, 0) is 31.4 Å². The highest BCUT2D eigenvalue weighted by atomic mass is 16.1. The molecule has 5 nitrogen and oxygen atoms in total. The average molecular weight is 233 g/mol. The van der Waals surface area contributed by atoms with E-state index < -0.39 is 5.91 Å². The van der Waals surface area contributed by atoms with Crippen LogP contribution < -0.4 is 10.6 Å². The third-order valence-corrected chi connectivity index (χ3v) is 3.03. The van der Waals surface area contributed by atoms with E-state index in [1.165, 1.54) is 0 Å². The Morgan fingerprint density at radius 3 is 3.06 bits per heavy atom. The minimum Gasteiger partial charge on any atom is -0.364 e. The van der Waals surface area contributed by atoms with E-state index >= 15 is 0 Å². The molecule has 2 heterocycles. The van der Waals surface area contributed by atoms with Crippen molar-refractivity contribution in [3.63, 3.8) is 0 Å². The van der Waals surface area contributed by atoms with Gasteiger partial charge in [0.15, 0.2) is 0 Å². The predicted octanol–water partition coefficient (Wildman–Crippen LogP) is 0.738. The van der Waals surface area contributed by atoms with Crippen LogP contribution >= 0.6 is 0 Å². The van der Waals surface area contributed by atoms with E-state index in [2.05, 4.69) is 4.98 Å². The molecule has 5 heteroatoms. The molecule has 2 rings (SSSR count). The molecule has 0 aliphatic carbocycles. The molecule has 0 spiro atoms. The average Bonchev–Trinajstić information content (AvgIpc) is 2.39. The van der Waals surface area contributed by atoms with Gasteiger partial charge in [0.2, 0.25) is 0 Å². The first-order chi connectivity index (χ1) is 8.22. The Bertz CT molecular complexity index is 434. The Hall–Kier alpha value is -1.91. The first-order valence-electron chi connectivity index (χ1n) is 5.70. The molecule has 1 amide bonds. The zero-order valence-corrected chi connectivity index (χ0v) is 9.50. The second kappa shape index (κ2) is 4.95. The molecule has 1 fully saturated rings. The summed E-state index contributed by atoms with van der Waals surface area (Å²) in [7, 11) is 0. The quantitative estimate of drug-likeness (QED) is 0.781. The van der Waals surface area contributed by atoms with Gasteiger partial charge >= 0.3 is 0 Å². The molecule has 0 bridgehead atoms. The summed E-state index contributed by atoms with van der Waals surface area (Å²) >= 11 is 0. The molecule has 1 unspecified atom stereocenters. The predicted molar refractivity (Wildman–Crippen MR) is 63.8 cm³/mol. The lowest BCUT2D eigenvalue weighted by Gasteiger charge is -2.34. The maximum absolute atomic E-state index is 11.1. The fraction of sp³-hybridized carbons (Fsp3) is 0.417. The SMILES string of the molecule is NC(=O)c1cc(N2CCCCC2C=O)ccn1. The summed E-state index contributed by atoms with van der Waals surface area (Å²) in [5, 5.41) is 0. The zero-order chi connectivity index (χ0) is 12.3. The molecular formula is C12H15N3O2. The molecule has 2 N–H and O–H groups in total. The van der Waals surface area contributed by atoms with E-state index in [0.29, 0.717) is 0 Å². The van der Waals surface area contributed by atoms with Gasteiger partial charge in [-0.1, -0.05) is 0 Å². The fourth-order valence-electron chi connectivity index (χ4n) is 2.15. The molecule has 1 aromatic rings. The van der Waals surface area contributed by atoms with Crippen molar-refractivity contribution in [3.05, 3.63) is 24.0 Å². The van der Waals surface area contributed by atoms with Gasteiger partial charge in [0.1, 0.15) is 12.0 Å². The maximum Gasteiger partial charge on any atom is 0.267 e. The van der Waals surface area contributed by atoms with E-state index in [9.17, 15) is 9.59 Å². The lowest BCUT2D eigenvalue weighted by molar-refractivity contribution is -0.109. The third-order valence-electron chi connectivity index (χ3n) is 3.03. The number of carbonyl (C=O) groups excluding carboxylic acids is 2. The molecule has 17 heavy (non-hydrogen) atoms. The van der Waals surface area contributed by atoms with Gasteiger partial charge in [0.05, 0.1) is 6.04 Å². The van der Waals surface area contributed by atoms with Gasteiger partial charge in [-0.3, -0.25) is 9.78 Å². The normalized spacial score (nSPS) is 20.0. The highest BCUT2D eigenvalue weighted by Gasteiger charge is 2.22. The third kappa shape index (κ3) is 2.43. The molecule has 1 atom stereocenters. The van der Waals surface area contributed by atoms with Crippen molar-refractivity contribution in [1.82, 2.24) is 4.98 Å². The van der Waals surface area contributed by atoms with Crippen molar-refractivity contribution < 1.29 is 9.59 Å². The van der Waals surface area contributed by atoms with Crippen molar-refractivity contribution in [2.45, 2.75) is 25.3 Å². The fourth-order valence-corrected chi connectivity index (χ4v) is 2.15. The maximum atomic E-state index is 11.1. The van der Waals surface area contributed by atoms with Crippen LogP contribution in [0.1, 0.15) is 29.8 Å². The number of hydrogen-bond donors (Lipinski definition) is 1. The summed E-state index contributed by atoms with van der Waals surface area (Å²) in [6.07, 6.45) is 5.49. The van der Waals surface area contributed by atoms with E-state index in [4.69, 9.17) is 5.73 Å². The number of aromatic nitrogens is 1. The van der Waals surface area contributed by atoms with Crippen LogP contribution in [-0.4, -0.2) is 29.8 Å². The van der Waals surface area contributed by atoms with Crippen LogP contribution in [-0.2, 0) is 4.79 Å². The number of hydrogen-bond acceptors (Lipinski definition) is 4. The number of nitrogens with zero attached hydrogens (tertiary/aromatic N) is 2. The van der Waals surface area contributed by atoms with Crippen LogP contribution in [0, 0.1) is 0 Å². The lowest BCUT2D eigenvalue weighted by Crippen LogP contribution is -2.40. The summed E-state index contributed by atoms with van der Waals surface area (Å²) < 4.78 is 0. The number of primary amides is 1. The molecule has 0 saturated carbocycles. The van der Waals surface area contributed by atoms with Gasteiger partial charge in [-0.15, -0.1) is 0 Å². The van der Waals surface area contributed by atoms with Crippen molar-refractivity contribution in [2.75, 3.05) is 11.4 Å². The number of amides is 1. The molecule has 1 aliphatic rings. The van der Waals surface area contributed by atoms with Crippen molar-refractivity contribution in [1.29, 1.82) is 0 Å². The molecule has 1 aliphatic heterocycles. The van der Waals surface area contributed by atoms with Crippen LogP contribution in [0.15, 0.2) is 18.3 Å². The van der Waals surface area contributed by atoms with Crippen LogP contribution in [0.25, 0.3) is 0 Å². The summed E-state index contributed by atoms with van der Waals surface area (Å²) in [5.41, 5.74) is 6.26. The number of pyridine rings is 1. The van der Waals surface area contributed by atoms with Crippen LogP contribution in [0.3, 0.4) is 0 Å². The van der Waals surface area contributed by atoms with Gasteiger partial charge in [0.25, 0.3) is 5.91 Å². The van der Waals surface area contributed by atoms with Crippen molar-refractivity contribution in [3.8, 4) is 0 Å². The number of carbonyl (C=O) groups is 2. The van der Waals surface area contributed by atoms with Gasteiger partial charge in [-0.2, -0.15) is 0 Å². The zero-order valence-electron chi connectivity index (χ0n) is 9.50. The van der Waals surface area contributed by atoms with Gasteiger partial charge in [0, 0.05) is 18.4 Å². The molecular weight excluding hydrogens is 218 g/mol. The first-order valence-corrected chi connectivity index (χ1v) is 5.70. The standard InChI is InChI=1S/C12H15N3O2/c13-12(17)11-7-9(4-5-14-11)15-6-2-1-3-10(15)8-16/h4-5,7-8,10H,1-3,6H2,(H2,13,17). The first kappa shape index (κ1) is 11.6. The topological polar surface area (TPSA) is 76.3 Å². The van der Waals surface area contributed by atoms with Gasteiger partial charge < -0.3 is 15.4 Å². The highest BCUT2D eigenvalue weighted by Crippen LogP contribution is 2.23. The number of nitrogens with two attached hydrogens (primary N) is 1. The largest absolute Gasteiger partial charge is 0.364 e. The Balaban J connectivity index is 2.28. The lowest BCUT2D eigenvalue weighted by atomic mass is 10.0. The summed E-state index contributed by atoms with van der Waals surface area (Å²) in [4.78, 5) is 28.0. The Kier molecular flexibility index (Phi) is 3.37. The van der Waals surface area contributed by atoms with E-state index in [1.54, 1.807) is 18.3 Å². The smallest absolute Gasteiger partial charge is 0.267 e. The molecule has 0 radical (unpaired) electrons. The highest BCUT2D eigenvalue weighted by molar-refractivity contribution is 5.91. The van der Waals surface area contributed by atoms with Crippen LogP contribution in [0.5, 0.6) is 0 Å². The van der Waals surface area contributed by atoms with Crippen LogP contribution in [0.4, 0.5) is 5.69 Å². The number of aldehydes is 1. The Morgan fingerprint density at radius 2 is 2.35 bits per heavy atom. The Morgan fingerprint density at radius 1 is 1.53 bits per heavy atom. The summed E-state index contributed by atoms with van der Waals surface area (Å²) in [5.74, 6) is -0.550. The van der Waals surface area contributed by atoms with E-state index in [1.807, 2.05) is 4.90 Å². The molecule has 0 aromatic carbocycles. The second-order valence-electron chi connectivity index (χ2n) is 4.16. The van der Waals surface area contributed by atoms with Gasteiger partial charge in [-0.25, -0.2) is 0 Å². The van der Waals surface area contributed by atoms with E-state index in [-0.39, 0.29) is 11.7 Å². The molecule has 1 aromatic heterocycles. The minimum atomic E-state index is -0.550. The molecule has 90 valence electrons. The van der Waals surface area contributed by atoms with Crippen molar-refractivity contribution in [2.24, 2.45) is 5.73 Å².